The summed E-state index contributed by atoms with van der Waals surface area (Å²) < 4.78 is 16.2. The molecule has 0 amide bonds. The van der Waals surface area contributed by atoms with E-state index >= 15 is 0 Å². The number of hydrogen-bond acceptors (Lipinski definition) is 5. The van der Waals surface area contributed by atoms with Crippen LogP contribution in [0, 0.1) is 5.92 Å². The molecule has 7 nitrogen and oxygen atoms in total. The normalized spacial score (nSPS) is 15.8. The van der Waals surface area contributed by atoms with Gasteiger partial charge < -0.3 is 29.7 Å². The number of guanidine groups is 1. The van der Waals surface area contributed by atoms with E-state index in [1.165, 1.54) is 32.4 Å². The first-order chi connectivity index (χ1) is 13.6. The topological polar surface area (TPSA) is 67.4 Å². The summed E-state index contributed by atoms with van der Waals surface area (Å²) >= 11 is 0. The first-order valence-corrected chi connectivity index (χ1v) is 10.1. The van der Waals surface area contributed by atoms with Gasteiger partial charge in [0.15, 0.2) is 17.5 Å². The van der Waals surface area contributed by atoms with Gasteiger partial charge in [0.05, 0.1) is 21.3 Å². The van der Waals surface area contributed by atoms with E-state index in [9.17, 15) is 0 Å². The van der Waals surface area contributed by atoms with Gasteiger partial charge in [0, 0.05) is 26.7 Å². The summed E-state index contributed by atoms with van der Waals surface area (Å²) in [5, 5.41) is 6.79. The molecule has 2 N–H and O–H groups in total. The van der Waals surface area contributed by atoms with Gasteiger partial charge in [-0.2, -0.15) is 0 Å². The Balaban J connectivity index is 0.00000420. The van der Waals surface area contributed by atoms with Gasteiger partial charge >= 0.3 is 0 Å². The van der Waals surface area contributed by atoms with E-state index < -0.39 is 0 Å². The minimum absolute atomic E-state index is 0. The van der Waals surface area contributed by atoms with Gasteiger partial charge in [-0.25, -0.2) is 0 Å². The molecule has 1 saturated heterocycles. The molecule has 0 spiro atoms. The number of benzene rings is 1. The molecule has 1 aromatic carbocycles. The Labute approximate surface area is 192 Å². The summed E-state index contributed by atoms with van der Waals surface area (Å²) in [6.07, 6.45) is 4.04. The van der Waals surface area contributed by atoms with Crippen molar-refractivity contribution in [3.8, 4) is 17.2 Å². The largest absolute Gasteiger partial charge is 0.493 e. The summed E-state index contributed by atoms with van der Waals surface area (Å²) in [5.41, 5.74) is 1.03. The van der Waals surface area contributed by atoms with E-state index in [1.54, 1.807) is 28.4 Å². The number of likely N-dealkylation sites (tertiary alicyclic amines) is 1. The van der Waals surface area contributed by atoms with Crippen LogP contribution in [0.2, 0.25) is 0 Å². The van der Waals surface area contributed by atoms with Crippen LogP contribution in [0.15, 0.2) is 17.1 Å². The fourth-order valence-electron chi connectivity index (χ4n) is 3.56. The highest BCUT2D eigenvalue weighted by Crippen LogP contribution is 2.38. The number of hydrogen-bond donors (Lipinski definition) is 2. The molecule has 1 aliphatic rings. The quantitative estimate of drug-likeness (QED) is 0.297. The zero-order chi connectivity index (χ0) is 20.4. The van der Waals surface area contributed by atoms with Crippen LogP contribution < -0.4 is 24.8 Å². The van der Waals surface area contributed by atoms with Crippen molar-refractivity contribution in [3.63, 3.8) is 0 Å². The van der Waals surface area contributed by atoms with Crippen molar-refractivity contribution in [2.75, 3.05) is 54.6 Å². The monoisotopic (exact) mass is 520 g/mol. The van der Waals surface area contributed by atoms with Crippen LogP contribution in [-0.2, 0) is 6.54 Å². The molecule has 1 unspecified atom stereocenters. The Hall–Kier alpha value is -1.42. The average Bonchev–Trinajstić information content (AvgIpc) is 2.73. The number of halogens is 1. The van der Waals surface area contributed by atoms with Crippen molar-refractivity contribution in [2.24, 2.45) is 10.9 Å². The lowest BCUT2D eigenvalue weighted by molar-refractivity contribution is 0.201. The lowest BCUT2D eigenvalue weighted by Gasteiger charge is -2.29. The van der Waals surface area contributed by atoms with E-state index in [2.05, 4.69) is 27.4 Å². The Morgan fingerprint density at radius 3 is 2.17 bits per heavy atom. The van der Waals surface area contributed by atoms with Crippen molar-refractivity contribution in [2.45, 2.75) is 32.7 Å². The molecule has 29 heavy (non-hydrogen) atoms. The molecule has 0 aliphatic carbocycles. The van der Waals surface area contributed by atoms with E-state index in [4.69, 9.17) is 14.2 Å². The number of nitrogens with one attached hydrogen (secondary N) is 2. The SMILES string of the molecule is CN=C(NCc1cc(OC)c(OC)c(OC)c1)NCC(C)CN1CCCCC1.I. The van der Waals surface area contributed by atoms with Crippen molar-refractivity contribution in [1.29, 1.82) is 0 Å². The Kier molecular flexibility index (Phi) is 12.1. The lowest BCUT2D eigenvalue weighted by Crippen LogP contribution is -2.42. The highest BCUT2D eigenvalue weighted by molar-refractivity contribution is 14.0. The summed E-state index contributed by atoms with van der Waals surface area (Å²) in [4.78, 5) is 6.91. The van der Waals surface area contributed by atoms with Gasteiger partial charge in [-0.1, -0.05) is 13.3 Å². The number of rotatable bonds is 9. The third-order valence-corrected chi connectivity index (χ3v) is 5.04. The van der Waals surface area contributed by atoms with E-state index in [-0.39, 0.29) is 24.0 Å². The van der Waals surface area contributed by atoms with E-state index in [1.807, 2.05) is 12.1 Å². The summed E-state index contributed by atoms with van der Waals surface area (Å²) in [6, 6.07) is 3.89. The maximum atomic E-state index is 5.42. The van der Waals surface area contributed by atoms with Gasteiger partial charge in [0.25, 0.3) is 0 Å². The molecule has 1 heterocycles. The fraction of sp³-hybridized carbons (Fsp3) is 0.667. The Bertz CT molecular complexity index is 611. The van der Waals surface area contributed by atoms with Crippen molar-refractivity contribution >= 4 is 29.9 Å². The Morgan fingerprint density at radius 1 is 1.03 bits per heavy atom. The maximum absolute atomic E-state index is 5.42. The summed E-state index contributed by atoms with van der Waals surface area (Å²) in [5.74, 6) is 3.26. The average molecular weight is 520 g/mol. The van der Waals surface area contributed by atoms with Crippen LogP contribution in [-0.4, -0.2) is 65.4 Å². The van der Waals surface area contributed by atoms with Crippen LogP contribution in [0.1, 0.15) is 31.7 Å². The molecule has 1 fully saturated rings. The molecule has 1 aliphatic heterocycles. The molecule has 0 bridgehead atoms. The van der Waals surface area contributed by atoms with Crippen molar-refractivity contribution in [1.82, 2.24) is 15.5 Å². The second kappa shape index (κ2) is 13.7. The molecule has 8 heteroatoms. The first kappa shape index (κ1) is 25.6. The van der Waals surface area contributed by atoms with E-state index in [0.29, 0.717) is 29.7 Å². The zero-order valence-electron chi connectivity index (χ0n) is 18.4. The molecule has 0 saturated carbocycles. The minimum atomic E-state index is 0. The predicted molar refractivity (Wildman–Crippen MR) is 129 cm³/mol. The van der Waals surface area contributed by atoms with Crippen LogP contribution in [0.3, 0.4) is 0 Å². The third kappa shape index (κ3) is 8.08. The number of ether oxygens (including phenoxy) is 3. The summed E-state index contributed by atoms with van der Waals surface area (Å²) in [7, 11) is 6.65. The van der Waals surface area contributed by atoms with Crippen molar-refractivity contribution in [3.05, 3.63) is 17.7 Å². The van der Waals surface area contributed by atoms with Crippen LogP contribution >= 0.6 is 24.0 Å². The molecule has 166 valence electrons. The maximum Gasteiger partial charge on any atom is 0.203 e. The van der Waals surface area contributed by atoms with Gasteiger partial charge in [0.1, 0.15) is 0 Å². The zero-order valence-corrected chi connectivity index (χ0v) is 20.7. The molecule has 1 aromatic rings. The van der Waals surface area contributed by atoms with Crippen LogP contribution in [0.5, 0.6) is 17.2 Å². The second-order valence-electron chi connectivity index (χ2n) is 7.31. The first-order valence-electron chi connectivity index (χ1n) is 10.1. The fourth-order valence-corrected chi connectivity index (χ4v) is 3.56. The standard InChI is InChI=1S/C21H36N4O3.HI/c1-16(15-25-9-7-6-8-10-25)13-23-21(22-2)24-14-17-11-18(26-3)20(28-5)19(12-17)27-4;/h11-12,16H,6-10,13-15H2,1-5H3,(H2,22,23,24);1H. The molecular formula is C21H37IN4O3. The van der Waals surface area contributed by atoms with Gasteiger partial charge in [0.2, 0.25) is 5.75 Å². The summed E-state index contributed by atoms with van der Waals surface area (Å²) in [6.45, 7) is 7.39. The number of methoxy groups -OCH3 is 3. The van der Waals surface area contributed by atoms with E-state index in [0.717, 1.165) is 24.6 Å². The van der Waals surface area contributed by atoms with Gasteiger partial charge in [-0.3, -0.25) is 4.99 Å². The van der Waals surface area contributed by atoms with Crippen molar-refractivity contribution < 1.29 is 14.2 Å². The van der Waals surface area contributed by atoms with Crippen LogP contribution in [0.25, 0.3) is 0 Å². The molecule has 0 radical (unpaired) electrons. The van der Waals surface area contributed by atoms with Gasteiger partial charge in [-0.05, 0) is 49.5 Å². The third-order valence-electron chi connectivity index (χ3n) is 5.04. The van der Waals surface area contributed by atoms with Crippen LogP contribution in [0.4, 0.5) is 0 Å². The lowest BCUT2D eigenvalue weighted by atomic mass is 10.1. The smallest absolute Gasteiger partial charge is 0.203 e. The molecule has 1 atom stereocenters. The molecule has 2 rings (SSSR count). The number of piperidine rings is 1. The number of aliphatic imine (C=N–C) groups is 1. The molecule has 0 aromatic heterocycles. The minimum Gasteiger partial charge on any atom is -0.493 e. The molecular weight excluding hydrogens is 483 g/mol. The highest BCUT2D eigenvalue weighted by Gasteiger charge is 2.15. The Morgan fingerprint density at radius 2 is 1.66 bits per heavy atom. The predicted octanol–water partition coefficient (Wildman–Crippen LogP) is 3.12. The number of nitrogens with zero attached hydrogens (tertiary/aromatic N) is 2. The highest BCUT2D eigenvalue weighted by atomic mass is 127. The van der Waals surface area contributed by atoms with Gasteiger partial charge in [-0.15, -0.1) is 24.0 Å². The second-order valence-corrected chi connectivity index (χ2v) is 7.31.